The van der Waals surface area contributed by atoms with Crippen LogP contribution in [0, 0.1) is 0 Å². The van der Waals surface area contributed by atoms with E-state index in [1.807, 2.05) is 0 Å². The summed E-state index contributed by atoms with van der Waals surface area (Å²) < 4.78 is 0. The largest absolute Gasteiger partial charge is 0.149 e. The van der Waals surface area contributed by atoms with Crippen LogP contribution >= 0.6 is 22.7 Å². The minimum absolute atomic E-state index is 0.0113. The maximum atomic E-state index is 6.45. The van der Waals surface area contributed by atoms with Gasteiger partial charge in [-0.15, -0.1) is 22.7 Å². The molecule has 106 valence electrons. The van der Waals surface area contributed by atoms with Gasteiger partial charge < -0.3 is 0 Å². The van der Waals surface area contributed by atoms with Crippen molar-refractivity contribution in [2.75, 3.05) is 0 Å². The van der Waals surface area contributed by atoms with Gasteiger partial charge in [0.05, 0.1) is 7.85 Å². The summed E-state index contributed by atoms with van der Waals surface area (Å²) in [5, 5.41) is 4.49. The molecule has 0 aliphatic carbocycles. The molecule has 2 aromatic rings. The SMILES string of the molecule is [B]C(c1cc(C(C)(C)C)cs1)c1cc(C(C)(C)C)cs1. The Balaban J connectivity index is 2.25. The molecule has 20 heavy (non-hydrogen) atoms. The molecule has 2 radical (unpaired) electrons. The molecule has 0 unspecified atom stereocenters. The summed E-state index contributed by atoms with van der Waals surface area (Å²) in [5.74, 6) is 0.0113. The molecule has 0 amide bonds. The van der Waals surface area contributed by atoms with Crippen LogP contribution in [0.4, 0.5) is 0 Å². The Morgan fingerprint density at radius 3 is 1.40 bits per heavy atom. The van der Waals surface area contributed by atoms with Crippen molar-refractivity contribution in [3.8, 4) is 0 Å². The Bertz CT molecular complexity index is 526. The number of hydrogen-bond donors (Lipinski definition) is 0. The third-order valence-corrected chi connectivity index (χ3v) is 5.62. The smallest absolute Gasteiger partial charge is 0.0850 e. The average Bonchev–Trinajstić information content (AvgIpc) is 2.96. The summed E-state index contributed by atoms with van der Waals surface area (Å²) in [6.45, 7) is 13.5. The maximum Gasteiger partial charge on any atom is 0.0850 e. The minimum Gasteiger partial charge on any atom is -0.149 e. The first-order chi connectivity index (χ1) is 9.09. The molecule has 0 atom stereocenters. The van der Waals surface area contributed by atoms with Crippen molar-refractivity contribution in [3.63, 3.8) is 0 Å². The van der Waals surface area contributed by atoms with Crippen LogP contribution in [0.25, 0.3) is 0 Å². The van der Waals surface area contributed by atoms with E-state index in [9.17, 15) is 0 Å². The molecule has 0 aliphatic rings. The molecule has 0 aliphatic heterocycles. The average molecular weight is 302 g/mol. The molecule has 0 N–H and O–H groups in total. The Morgan fingerprint density at radius 2 is 1.15 bits per heavy atom. The van der Waals surface area contributed by atoms with E-state index in [0.29, 0.717) is 0 Å². The summed E-state index contributed by atoms with van der Waals surface area (Å²) in [5.41, 5.74) is 3.14. The zero-order valence-corrected chi connectivity index (χ0v) is 14.9. The first-order valence-electron chi connectivity index (χ1n) is 7.02. The van der Waals surface area contributed by atoms with Crippen molar-refractivity contribution in [3.05, 3.63) is 43.8 Å². The zero-order valence-electron chi connectivity index (χ0n) is 13.3. The van der Waals surface area contributed by atoms with E-state index < -0.39 is 0 Å². The topological polar surface area (TPSA) is 0 Å². The highest BCUT2D eigenvalue weighted by Crippen LogP contribution is 2.36. The quantitative estimate of drug-likeness (QED) is 0.628. The van der Waals surface area contributed by atoms with Crippen LogP contribution in [0.2, 0.25) is 0 Å². The highest BCUT2D eigenvalue weighted by atomic mass is 32.1. The molecular weight excluding hydrogens is 279 g/mol. The van der Waals surface area contributed by atoms with Gasteiger partial charge in [0.2, 0.25) is 0 Å². The van der Waals surface area contributed by atoms with E-state index in [1.54, 1.807) is 22.7 Å². The van der Waals surface area contributed by atoms with Crippen molar-refractivity contribution >= 4 is 30.5 Å². The lowest BCUT2D eigenvalue weighted by Gasteiger charge is -2.17. The van der Waals surface area contributed by atoms with E-state index in [4.69, 9.17) is 7.85 Å². The molecule has 0 saturated heterocycles. The van der Waals surface area contributed by atoms with Crippen molar-refractivity contribution < 1.29 is 0 Å². The summed E-state index contributed by atoms with van der Waals surface area (Å²) in [7, 11) is 6.45. The van der Waals surface area contributed by atoms with Crippen molar-refractivity contribution in [2.45, 2.75) is 58.2 Å². The van der Waals surface area contributed by atoms with Crippen molar-refractivity contribution in [1.29, 1.82) is 0 Å². The van der Waals surface area contributed by atoms with Crippen LogP contribution in [0.3, 0.4) is 0 Å². The standard InChI is InChI=1S/C17H23BS2/c1-16(2,3)11-7-13(19-9-11)15(18)14-8-12(10-20-14)17(4,5)6/h7-10,15H,1-6H3. The third-order valence-electron chi connectivity index (χ3n) is 3.58. The Labute approximate surface area is 132 Å². The molecule has 0 nitrogen and oxygen atoms in total. The van der Waals surface area contributed by atoms with Crippen molar-refractivity contribution in [2.24, 2.45) is 0 Å². The molecule has 0 spiro atoms. The molecule has 2 rings (SSSR count). The molecule has 0 bridgehead atoms. The lowest BCUT2D eigenvalue weighted by atomic mass is 9.81. The Kier molecular flexibility index (Phi) is 4.23. The predicted octanol–water partition coefficient (Wildman–Crippen LogP) is 5.66. The van der Waals surface area contributed by atoms with Gasteiger partial charge in [0.15, 0.2) is 0 Å². The Morgan fingerprint density at radius 1 is 0.800 bits per heavy atom. The van der Waals surface area contributed by atoms with E-state index in [1.165, 1.54) is 20.9 Å². The van der Waals surface area contributed by atoms with Crippen molar-refractivity contribution in [1.82, 2.24) is 0 Å². The monoisotopic (exact) mass is 302 g/mol. The second-order valence-corrected chi connectivity index (χ2v) is 9.34. The number of thiophene rings is 2. The van der Waals surface area contributed by atoms with Crippen LogP contribution in [-0.4, -0.2) is 7.85 Å². The van der Waals surface area contributed by atoms with Crippen LogP contribution in [-0.2, 0) is 10.8 Å². The molecule has 0 saturated carbocycles. The molecular formula is C17H23BS2. The summed E-state index contributed by atoms with van der Waals surface area (Å²) >= 11 is 3.56. The van der Waals surface area contributed by atoms with Gasteiger partial charge in [-0.05, 0) is 50.7 Å². The molecule has 0 aromatic carbocycles. The normalized spacial score (nSPS) is 13.2. The van der Waals surface area contributed by atoms with Crippen LogP contribution in [0.1, 0.15) is 68.2 Å². The summed E-state index contributed by atoms with van der Waals surface area (Å²) in [6, 6.07) is 4.54. The summed E-state index contributed by atoms with van der Waals surface area (Å²) in [6.07, 6.45) is 0. The first kappa shape index (κ1) is 15.8. The van der Waals surface area contributed by atoms with Gasteiger partial charge in [0.1, 0.15) is 0 Å². The summed E-state index contributed by atoms with van der Waals surface area (Å²) in [4.78, 5) is 2.52. The molecule has 2 aromatic heterocycles. The van der Waals surface area contributed by atoms with Gasteiger partial charge in [-0.1, -0.05) is 41.5 Å². The minimum atomic E-state index is 0.0113. The second-order valence-electron chi connectivity index (χ2n) is 7.45. The predicted molar refractivity (Wildman–Crippen MR) is 93.6 cm³/mol. The van der Waals surface area contributed by atoms with E-state index >= 15 is 0 Å². The van der Waals surface area contributed by atoms with Gasteiger partial charge in [0.25, 0.3) is 0 Å². The van der Waals surface area contributed by atoms with E-state index in [0.717, 1.165) is 0 Å². The van der Waals surface area contributed by atoms with Crippen LogP contribution in [0.5, 0.6) is 0 Å². The molecule has 3 heteroatoms. The first-order valence-corrected chi connectivity index (χ1v) is 8.78. The molecule has 2 heterocycles. The number of rotatable bonds is 2. The van der Waals surface area contributed by atoms with Crippen LogP contribution < -0.4 is 0 Å². The highest BCUT2D eigenvalue weighted by Gasteiger charge is 2.21. The van der Waals surface area contributed by atoms with E-state index in [2.05, 4.69) is 64.4 Å². The van der Waals surface area contributed by atoms with Gasteiger partial charge in [-0.25, -0.2) is 0 Å². The third kappa shape index (κ3) is 3.37. The number of hydrogen-bond acceptors (Lipinski definition) is 2. The van der Waals surface area contributed by atoms with Gasteiger partial charge in [-0.2, -0.15) is 0 Å². The maximum absolute atomic E-state index is 6.45. The lowest BCUT2D eigenvalue weighted by Crippen LogP contribution is -2.09. The fourth-order valence-corrected chi connectivity index (χ4v) is 4.34. The fraction of sp³-hybridized carbons (Fsp3) is 0.529. The lowest BCUT2D eigenvalue weighted by molar-refractivity contribution is 0.592. The Hall–Kier alpha value is -0.535. The van der Waals surface area contributed by atoms with Gasteiger partial charge >= 0.3 is 0 Å². The van der Waals surface area contributed by atoms with E-state index in [-0.39, 0.29) is 16.6 Å². The van der Waals surface area contributed by atoms with Gasteiger partial charge in [0, 0.05) is 9.75 Å². The second kappa shape index (κ2) is 5.34. The fourth-order valence-electron chi connectivity index (χ4n) is 1.96. The molecule has 0 fully saturated rings. The van der Waals surface area contributed by atoms with Crippen LogP contribution in [0.15, 0.2) is 22.9 Å². The highest BCUT2D eigenvalue weighted by molar-refractivity contribution is 7.12. The van der Waals surface area contributed by atoms with Gasteiger partial charge in [-0.3, -0.25) is 0 Å². The zero-order chi connectivity index (χ0) is 15.1.